The highest BCUT2D eigenvalue weighted by Gasteiger charge is 2.48. The van der Waals surface area contributed by atoms with Crippen molar-refractivity contribution in [3.63, 3.8) is 0 Å². The Morgan fingerprint density at radius 3 is 2.54 bits per heavy atom. The van der Waals surface area contributed by atoms with E-state index in [1.807, 2.05) is 0 Å². The van der Waals surface area contributed by atoms with Gasteiger partial charge in [-0.25, -0.2) is 22.4 Å². The molecule has 8 nitrogen and oxygen atoms in total. The quantitative estimate of drug-likeness (QED) is 0.389. The number of carbonyl (C=O) groups is 2. The summed E-state index contributed by atoms with van der Waals surface area (Å²) in [7, 11) is 1.09. The van der Waals surface area contributed by atoms with Gasteiger partial charge in [-0.3, -0.25) is 19.9 Å². The van der Waals surface area contributed by atoms with E-state index >= 15 is 0 Å². The van der Waals surface area contributed by atoms with E-state index in [4.69, 9.17) is 16.3 Å². The van der Waals surface area contributed by atoms with Gasteiger partial charge in [-0.05, 0) is 24.3 Å². The summed E-state index contributed by atoms with van der Waals surface area (Å²) in [5.74, 6) is -4.45. The van der Waals surface area contributed by atoms with Crippen LogP contribution in [0.5, 0.6) is 0 Å². The van der Waals surface area contributed by atoms with Crippen molar-refractivity contribution in [1.82, 2.24) is 15.4 Å². The fraction of sp³-hybridized carbons (Fsp3) is 0.417. The molecule has 37 heavy (non-hydrogen) atoms. The maximum absolute atomic E-state index is 14.4. The lowest BCUT2D eigenvalue weighted by Crippen LogP contribution is -2.59. The molecule has 2 fully saturated rings. The minimum Gasteiger partial charge on any atom is -0.453 e. The van der Waals surface area contributed by atoms with E-state index in [2.05, 4.69) is 5.32 Å². The molecular formula is C24H25ClF4N4O4. The molecule has 0 unspecified atom stereocenters. The fourth-order valence-corrected chi connectivity index (χ4v) is 4.81. The summed E-state index contributed by atoms with van der Waals surface area (Å²) in [6, 6.07) is 8.62. The van der Waals surface area contributed by atoms with Gasteiger partial charge >= 0.3 is 6.09 Å². The topological polar surface area (TPSA) is 85.4 Å². The first-order valence-corrected chi connectivity index (χ1v) is 11.8. The number of hydrogen-bond acceptors (Lipinski definition) is 6. The average molecular weight is 545 g/mol. The van der Waals surface area contributed by atoms with Crippen LogP contribution in [0.25, 0.3) is 0 Å². The van der Waals surface area contributed by atoms with Gasteiger partial charge in [0.15, 0.2) is 6.04 Å². The molecule has 0 aromatic heterocycles. The molecule has 1 aliphatic carbocycles. The third kappa shape index (κ3) is 5.76. The number of hydrogen-bond donors (Lipinski definition) is 2. The lowest BCUT2D eigenvalue weighted by atomic mass is 9.88. The third-order valence-corrected chi connectivity index (χ3v) is 6.66. The number of hydrazine groups is 1. The number of anilines is 1. The number of ether oxygens (including phenoxy) is 1. The van der Waals surface area contributed by atoms with Gasteiger partial charge in [-0.2, -0.15) is 0 Å². The number of carbonyl (C=O) groups excluding carboxylic acids is 2. The second kappa shape index (κ2) is 10.7. The van der Waals surface area contributed by atoms with Crippen LogP contribution in [0.4, 0.5) is 28.0 Å². The van der Waals surface area contributed by atoms with Crippen molar-refractivity contribution in [2.75, 3.05) is 18.7 Å². The van der Waals surface area contributed by atoms with Gasteiger partial charge in [-0.1, -0.05) is 41.0 Å². The van der Waals surface area contributed by atoms with Crippen LogP contribution in [0.3, 0.4) is 0 Å². The smallest absolute Gasteiger partial charge is 0.410 e. The molecular weight excluding hydrogens is 520 g/mol. The normalized spacial score (nSPS) is 21.9. The molecule has 0 spiro atoms. The van der Waals surface area contributed by atoms with E-state index in [1.165, 1.54) is 24.3 Å². The molecule has 1 saturated heterocycles. The summed E-state index contributed by atoms with van der Waals surface area (Å²) in [5.41, 5.74) is 0.101. The fourth-order valence-electron chi connectivity index (χ4n) is 4.57. The van der Waals surface area contributed by atoms with Crippen molar-refractivity contribution in [1.29, 1.82) is 0 Å². The van der Waals surface area contributed by atoms with Crippen LogP contribution in [-0.4, -0.2) is 65.2 Å². The average Bonchev–Trinajstić information content (AvgIpc) is 3.22. The predicted octanol–water partition coefficient (Wildman–Crippen LogP) is 4.68. The highest BCUT2D eigenvalue weighted by molar-refractivity contribution is 6.31. The van der Waals surface area contributed by atoms with E-state index in [0.717, 1.165) is 29.2 Å². The van der Waals surface area contributed by atoms with Gasteiger partial charge < -0.3 is 10.1 Å². The number of nitrogens with one attached hydrogen (secondary N) is 1. The van der Waals surface area contributed by atoms with Crippen molar-refractivity contribution in [3.8, 4) is 0 Å². The summed E-state index contributed by atoms with van der Waals surface area (Å²) < 4.78 is 60.4. The van der Waals surface area contributed by atoms with E-state index in [1.54, 1.807) is 12.1 Å². The van der Waals surface area contributed by atoms with Gasteiger partial charge in [0, 0.05) is 35.9 Å². The van der Waals surface area contributed by atoms with E-state index < -0.39 is 67.5 Å². The molecule has 0 radical (unpaired) electrons. The summed E-state index contributed by atoms with van der Waals surface area (Å²) >= 11 is 6.40. The largest absolute Gasteiger partial charge is 0.453 e. The number of amides is 2. The maximum Gasteiger partial charge on any atom is 0.410 e. The van der Waals surface area contributed by atoms with Crippen molar-refractivity contribution >= 4 is 29.3 Å². The number of rotatable bonds is 7. The Bertz CT molecular complexity index is 1150. The van der Waals surface area contributed by atoms with Crippen molar-refractivity contribution < 1.29 is 37.1 Å². The van der Waals surface area contributed by atoms with Gasteiger partial charge in [0.2, 0.25) is 5.91 Å². The van der Waals surface area contributed by atoms with Gasteiger partial charge in [0.05, 0.1) is 19.3 Å². The van der Waals surface area contributed by atoms with E-state index in [9.17, 15) is 32.4 Å². The molecule has 4 rings (SSSR count). The number of methoxy groups -OCH3 is 1. The van der Waals surface area contributed by atoms with Gasteiger partial charge in [0.1, 0.15) is 18.2 Å². The molecule has 0 bridgehead atoms. The summed E-state index contributed by atoms with van der Waals surface area (Å²) in [6.45, 7) is -0.397. The first-order chi connectivity index (χ1) is 17.5. The van der Waals surface area contributed by atoms with Gasteiger partial charge in [0.25, 0.3) is 5.92 Å². The van der Waals surface area contributed by atoms with Crippen LogP contribution in [-0.2, 0) is 9.53 Å². The highest BCUT2D eigenvalue weighted by Crippen LogP contribution is 2.40. The maximum atomic E-state index is 14.4. The van der Waals surface area contributed by atoms with Crippen molar-refractivity contribution in [3.05, 3.63) is 64.9 Å². The number of nitrogens with zero attached hydrogens (tertiary/aromatic N) is 3. The van der Waals surface area contributed by atoms with Crippen molar-refractivity contribution in [2.24, 2.45) is 0 Å². The van der Waals surface area contributed by atoms with E-state index in [0.29, 0.717) is 5.17 Å². The lowest BCUT2D eigenvalue weighted by molar-refractivity contribution is -0.175. The van der Waals surface area contributed by atoms with Crippen LogP contribution in [0.15, 0.2) is 48.5 Å². The second-order valence-electron chi connectivity index (χ2n) is 8.97. The Balaban J connectivity index is 1.79. The van der Waals surface area contributed by atoms with Crippen LogP contribution in [0, 0.1) is 5.82 Å². The Kier molecular flexibility index (Phi) is 7.81. The summed E-state index contributed by atoms with van der Waals surface area (Å²) in [5, 5.41) is 15.5. The minimum absolute atomic E-state index is 0.0476. The zero-order chi connectivity index (χ0) is 26.9. The SMILES string of the molecule is COC(=O)N1C[C@H](F)C[C@H]1N(O)N(c1cccc(F)c1)[C@H](C(=O)NC1CC(F)(F)C1)c1ccccc1Cl. The van der Waals surface area contributed by atoms with Crippen LogP contribution in [0.1, 0.15) is 30.9 Å². The molecule has 200 valence electrons. The summed E-state index contributed by atoms with van der Waals surface area (Å²) in [6.07, 6.45) is -5.31. The Hall–Kier alpha value is -3.09. The Labute approximate surface area is 215 Å². The van der Waals surface area contributed by atoms with Crippen LogP contribution < -0.4 is 10.3 Å². The lowest BCUT2D eigenvalue weighted by Gasteiger charge is -2.43. The first kappa shape index (κ1) is 27.0. The highest BCUT2D eigenvalue weighted by atomic mass is 35.5. The first-order valence-electron chi connectivity index (χ1n) is 11.4. The molecule has 2 aromatic carbocycles. The number of benzene rings is 2. The molecule has 13 heteroatoms. The Morgan fingerprint density at radius 2 is 1.92 bits per heavy atom. The monoisotopic (exact) mass is 544 g/mol. The van der Waals surface area contributed by atoms with Gasteiger partial charge in [-0.15, -0.1) is 0 Å². The molecule has 1 heterocycles. The molecule has 1 saturated carbocycles. The predicted molar refractivity (Wildman–Crippen MR) is 125 cm³/mol. The standard InChI is InChI=1S/C24H25ClF4N4O4/c1-37-23(35)31-13-15(27)10-20(31)33(36)32(17-6-4-5-14(26)9-17)21(18-7-2-3-8-19(18)25)22(34)30-16-11-24(28,29)12-16/h2-9,15-16,20-21,36H,10-13H2,1H3,(H,30,34)/t15-,20-,21+/m1/s1. The van der Waals surface area contributed by atoms with Crippen LogP contribution in [0.2, 0.25) is 5.02 Å². The molecule has 2 aliphatic rings. The Morgan fingerprint density at radius 1 is 1.22 bits per heavy atom. The van der Waals surface area contributed by atoms with Crippen LogP contribution >= 0.6 is 11.6 Å². The zero-order valence-corrected chi connectivity index (χ0v) is 20.4. The number of hydroxylamine groups is 1. The molecule has 3 atom stereocenters. The number of halogens is 5. The number of likely N-dealkylation sites (tertiary alicyclic amines) is 1. The molecule has 1 aliphatic heterocycles. The third-order valence-electron chi connectivity index (χ3n) is 6.32. The molecule has 2 amide bonds. The van der Waals surface area contributed by atoms with Crippen molar-refractivity contribution in [2.45, 2.75) is 49.6 Å². The van der Waals surface area contributed by atoms with E-state index in [-0.39, 0.29) is 22.7 Å². The molecule has 2 aromatic rings. The minimum atomic E-state index is -2.91. The number of alkyl halides is 3. The molecule has 2 N–H and O–H groups in total. The second-order valence-corrected chi connectivity index (χ2v) is 9.38. The zero-order valence-electron chi connectivity index (χ0n) is 19.7. The summed E-state index contributed by atoms with van der Waals surface area (Å²) in [4.78, 5) is 26.8.